The lowest BCUT2D eigenvalue weighted by molar-refractivity contribution is -0.0199. The van der Waals surface area contributed by atoms with E-state index in [4.69, 9.17) is 9.47 Å². The second kappa shape index (κ2) is 7.26. The van der Waals surface area contributed by atoms with Gasteiger partial charge in [0.15, 0.2) is 5.82 Å². The molecule has 9 heteroatoms. The summed E-state index contributed by atoms with van der Waals surface area (Å²) in [6, 6.07) is 3.26. The first-order valence-corrected chi connectivity index (χ1v) is 7.77. The molecule has 9 nitrogen and oxygen atoms in total. The average molecular weight is 332 g/mol. The van der Waals surface area contributed by atoms with Gasteiger partial charge in [-0.05, 0) is 19.1 Å². The van der Waals surface area contributed by atoms with Gasteiger partial charge in [-0.3, -0.25) is 0 Å². The number of carbonyl (C=O) groups is 1. The van der Waals surface area contributed by atoms with Crippen molar-refractivity contribution in [2.45, 2.75) is 19.6 Å². The van der Waals surface area contributed by atoms with Gasteiger partial charge in [-0.1, -0.05) is 0 Å². The molecule has 1 atom stereocenters. The van der Waals surface area contributed by atoms with Crippen molar-refractivity contribution in [3.63, 3.8) is 0 Å². The van der Waals surface area contributed by atoms with Gasteiger partial charge in [-0.25, -0.2) is 9.78 Å². The molecule has 2 amide bonds. The molecule has 0 saturated carbocycles. The summed E-state index contributed by atoms with van der Waals surface area (Å²) in [6.07, 6.45) is 2.98. The topological polar surface area (TPSA) is 94.4 Å². The van der Waals surface area contributed by atoms with Crippen LogP contribution < -0.4 is 10.1 Å². The molecular formula is C15H20N6O3. The minimum Gasteiger partial charge on any atom is -0.480 e. The summed E-state index contributed by atoms with van der Waals surface area (Å²) in [5.74, 6) is 1.11. The van der Waals surface area contributed by atoms with Crippen LogP contribution >= 0.6 is 0 Å². The monoisotopic (exact) mass is 332 g/mol. The molecule has 0 aromatic carbocycles. The van der Waals surface area contributed by atoms with E-state index in [0.717, 1.165) is 12.4 Å². The SMILES string of the molecule is CCn1cnnc1[C@@H]1CN(C(=O)Nc2cccnc2OC)CCO1. The Morgan fingerprint density at radius 3 is 3.21 bits per heavy atom. The van der Waals surface area contributed by atoms with Crippen molar-refractivity contribution in [2.75, 3.05) is 32.1 Å². The summed E-state index contributed by atoms with van der Waals surface area (Å²) in [5.41, 5.74) is 0.532. The molecule has 2 aromatic rings. The van der Waals surface area contributed by atoms with Crippen LogP contribution in [0.25, 0.3) is 0 Å². The van der Waals surface area contributed by atoms with Gasteiger partial charge in [0.2, 0.25) is 5.88 Å². The minimum absolute atomic E-state index is 0.225. The first kappa shape index (κ1) is 16.2. The van der Waals surface area contributed by atoms with Crippen molar-refractivity contribution in [3.05, 3.63) is 30.5 Å². The summed E-state index contributed by atoms with van der Waals surface area (Å²) < 4.78 is 12.8. The molecule has 0 unspecified atom stereocenters. The fraction of sp³-hybridized carbons (Fsp3) is 0.467. The molecule has 1 aliphatic rings. The molecule has 2 aromatic heterocycles. The number of morpholine rings is 1. The quantitative estimate of drug-likeness (QED) is 0.907. The number of aromatic nitrogens is 4. The molecule has 3 heterocycles. The van der Waals surface area contributed by atoms with Crippen LogP contribution in [0, 0.1) is 0 Å². The number of nitrogens with one attached hydrogen (secondary N) is 1. The normalized spacial score (nSPS) is 17.6. The number of hydrogen-bond acceptors (Lipinski definition) is 6. The van der Waals surface area contributed by atoms with E-state index in [-0.39, 0.29) is 12.1 Å². The highest BCUT2D eigenvalue weighted by Gasteiger charge is 2.29. The van der Waals surface area contributed by atoms with Gasteiger partial charge in [0.25, 0.3) is 0 Å². The van der Waals surface area contributed by atoms with Crippen LogP contribution in [-0.4, -0.2) is 57.5 Å². The number of nitrogens with zero attached hydrogens (tertiary/aromatic N) is 5. The maximum Gasteiger partial charge on any atom is 0.322 e. The fourth-order valence-electron chi connectivity index (χ4n) is 2.59. The number of hydrogen-bond donors (Lipinski definition) is 1. The molecule has 128 valence electrons. The zero-order chi connectivity index (χ0) is 16.9. The summed E-state index contributed by atoms with van der Waals surface area (Å²) in [4.78, 5) is 18.3. The lowest BCUT2D eigenvalue weighted by Crippen LogP contribution is -2.45. The van der Waals surface area contributed by atoms with Crippen molar-refractivity contribution < 1.29 is 14.3 Å². The van der Waals surface area contributed by atoms with E-state index in [1.54, 1.807) is 29.6 Å². The number of pyridine rings is 1. The van der Waals surface area contributed by atoms with Crippen LogP contribution in [0.4, 0.5) is 10.5 Å². The first-order chi connectivity index (χ1) is 11.7. The third-order valence-corrected chi connectivity index (χ3v) is 3.83. The van der Waals surface area contributed by atoms with E-state index in [0.29, 0.717) is 31.3 Å². The van der Waals surface area contributed by atoms with Crippen molar-refractivity contribution in [2.24, 2.45) is 0 Å². The third-order valence-electron chi connectivity index (χ3n) is 3.83. The van der Waals surface area contributed by atoms with Crippen LogP contribution in [0.15, 0.2) is 24.7 Å². The van der Waals surface area contributed by atoms with Gasteiger partial charge in [0.05, 0.1) is 20.3 Å². The molecule has 0 spiro atoms. The Kier molecular flexibility index (Phi) is 4.90. The average Bonchev–Trinajstić information content (AvgIpc) is 3.11. The number of carbonyl (C=O) groups excluding carboxylic acids is 1. The van der Waals surface area contributed by atoms with E-state index in [1.165, 1.54) is 7.11 Å². The molecule has 1 aliphatic heterocycles. The lowest BCUT2D eigenvalue weighted by atomic mass is 10.2. The van der Waals surface area contributed by atoms with E-state index >= 15 is 0 Å². The van der Waals surface area contributed by atoms with Gasteiger partial charge >= 0.3 is 6.03 Å². The van der Waals surface area contributed by atoms with Gasteiger partial charge in [0, 0.05) is 19.3 Å². The predicted molar refractivity (Wildman–Crippen MR) is 85.8 cm³/mol. The van der Waals surface area contributed by atoms with Crippen molar-refractivity contribution in [1.82, 2.24) is 24.6 Å². The Labute approximate surface area is 139 Å². The number of amides is 2. The fourth-order valence-corrected chi connectivity index (χ4v) is 2.59. The molecule has 0 aliphatic carbocycles. The second-order valence-electron chi connectivity index (χ2n) is 5.27. The number of anilines is 1. The molecule has 1 fully saturated rings. The van der Waals surface area contributed by atoms with Crippen molar-refractivity contribution >= 4 is 11.7 Å². The van der Waals surface area contributed by atoms with E-state index in [9.17, 15) is 4.79 Å². The maximum absolute atomic E-state index is 12.5. The Morgan fingerprint density at radius 1 is 1.54 bits per heavy atom. The number of rotatable bonds is 4. The maximum atomic E-state index is 12.5. The number of ether oxygens (including phenoxy) is 2. The van der Waals surface area contributed by atoms with Crippen LogP contribution in [-0.2, 0) is 11.3 Å². The van der Waals surface area contributed by atoms with Crippen LogP contribution in [0.2, 0.25) is 0 Å². The van der Waals surface area contributed by atoms with Gasteiger partial charge in [0.1, 0.15) is 18.1 Å². The third kappa shape index (κ3) is 3.30. The van der Waals surface area contributed by atoms with E-state index in [1.807, 2.05) is 11.5 Å². The minimum atomic E-state index is -0.289. The van der Waals surface area contributed by atoms with Gasteiger partial charge in [-0.15, -0.1) is 10.2 Å². The Hall–Kier alpha value is -2.68. The zero-order valence-corrected chi connectivity index (χ0v) is 13.7. The Morgan fingerprint density at radius 2 is 2.42 bits per heavy atom. The number of methoxy groups -OCH3 is 1. The number of urea groups is 1. The Bertz CT molecular complexity index is 704. The highest BCUT2D eigenvalue weighted by Crippen LogP contribution is 2.23. The zero-order valence-electron chi connectivity index (χ0n) is 13.7. The second-order valence-corrected chi connectivity index (χ2v) is 5.27. The molecule has 0 radical (unpaired) electrons. The molecule has 1 N–H and O–H groups in total. The summed E-state index contributed by atoms with van der Waals surface area (Å²) >= 11 is 0. The Balaban J connectivity index is 1.69. The lowest BCUT2D eigenvalue weighted by Gasteiger charge is -2.32. The highest BCUT2D eigenvalue weighted by molar-refractivity contribution is 5.90. The van der Waals surface area contributed by atoms with Crippen molar-refractivity contribution in [1.29, 1.82) is 0 Å². The van der Waals surface area contributed by atoms with Crippen LogP contribution in [0.1, 0.15) is 18.9 Å². The summed E-state index contributed by atoms with van der Waals surface area (Å²) in [5, 5.41) is 10.9. The van der Waals surface area contributed by atoms with E-state index < -0.39 is 0 Å². The van der Waals surface area contributed by atoms with Gasteiger partial charge in [-0.2, -0.15) is 0 Å². The number of aryl methyl sites for hydroxylation is 1. The first-order valence-electron chi connectivity index (χ1n) is 7.77. The standard InChI is InChI=1S/C15H20N6O3/c1-3-20-10-17-19-13(20)12-9-21(7-8-24-12)15(22)18-11-5-4-6-16-14(11)23-2/h4-6,10,12H,3,7-9H2,1-2H3,(H,18,22)/t12-/m0/s1. The molecule has 24 heavy (non-hydrogen) atoms. The van der Waals surface area contributed by atoms with E-state index in [2.05, 4.69) is 20.5 Å². The summed E-state index contributed by atoms with van der Waals surface area (Å²) in [6.45, 7) is 4.12. The summed E-state index contributed by atoms with van der Waals surface area (Å²) in [7, 11) is 1.51. The molecule has 0 bridgehead atoms. The molecule has 1 saturated heterocycles. The predicted octanol–water partition coefficient (Wildman–Crippen LogP) is 1.31. The van der Waals surface area contributed by atoms with Crippen LogP contribution in [0.3, 0.4) is 0 Å². The largest absolute Gasteiger partial charge is 0.480 e. The van der Waals surface area contributed by atoms with Crippen LogP contribution in [0.5, 0.6) is 5.88 Å². The molecule has 3 rings (SSSR count). The van der Waals surface area contributed by atoms with Gasteiger partial charge < -0.3 is 24.3 Å². The molecular weight excluding hydrogens is 312 g/mol. The van der Waals surface area contributed by atoms with Crippen molar-refractivity contribution in [3.8, 4) is 5.88 Å². The highest BCUT2D eigenvalue weighted by atomic mass is 16.5. The smallest absolute Gasteiger partial charge is 0.322 e.